The van der Waals surface area contributed by atoms with Crippen LogP contribution in [0.15, 0.2) is 24.3 Å². The standard InChI is InChI=1S/C20H29NO3/c1-20(2,3)16-9-4-14(5-10-16)6-13-18(22)21-17-11-7-15(8-12-17)19(23)24/h4-5,9-10,15,17H,6-8,11-13H2,1-3H3,(H,21,22)(H,23,24). The Morgan fingerprint density at radius 2 is 1.67 bits per heavy atom. The SMILES string of the molecule is CC(C)(C)c1ccc(CCC(=O)NC2CCC(C(=O)O)CC2)cc1. The number of hydrogen-bond donors (Lipinski definition) is 2. The largest absolute Gasteiger partial charge is 0.481 e. The molecule has 1 aliphatic rings. The van der Waals surface area contributed by atoms with Crippen LogP contribution in [-0.4, -0.2) is 23.0 Å². The highest BCUT2D eigenvalue weighted by atomic mass is 16.4. The van der Waals surface area contributed by atoms with Crippen molar-refractivity contribution in [3.05, 3.63) is 35.4 Å². The summed E-state index contributed by atoms with van der Waals surface area (Å²) in [6, 6.07) is 8.62. The van der Waals surface area contributed by atoms with Gasteiger partial charge < -0.3 is 10.4 Å². The van der Waals surface area contributed by atoms with Gasteiger partial charge >= 0.3 is 5.97 Å². The van der Waals surface area contributed by atoms with Gasteiger partial charge in [0.1, 0.15) is 0 Å². The second kappa shape index (κ2) is 7.82. The fourth-order valence-electron chi connectivity index (χ4n) is 3.21. The Balaban J connectivity index is 1.75. The molecule has 0 unspecified atom stereocenters. The molecular weight excluding hydrogens is 302 g/mol. The first-order valence-corrected chi connectivity index (χ1v) is 8.87. The zero-order valence-electron chi connectivity index (χ0n) is 15.0. The molecule has 1 fully saturated rings. The lowest BCUT2D eigenvalue weighted by Gasteiger charge is -2.26. The van der Waals surface area contributed by atoms with E-state index in [9.17, 15) is 9.59 Å². The molecule has 2 N–H and O–H groups in total. The van der Waals surface area contributed by atoms with E-state index in [2.05, 4.69) is 50.4 Å². The minimum absolute atomic E-state index is 0.0636. The molecule has 0 aliphatic heterocycles. The van der Waals surface area contributed by atoms with Crippen LogP contribution in [0.2, 0.25) is 0 Å². The molecule has 0 atom stereocenters. The van der Waals surface area contributed by atoms with Crippen molar-refractivity contribution in [2.45, 2.75) is 70.8 Å². The van der Waals surface area contributed by atoms with Crippen LogP contribution in [0.3, 0.4) is 0 Å². The smallest absolute Gasteiger partial charge is 0.306 e. The molecule has 1 aromatic rings. The van der Waals surface area contributed by atoms with Crippen molar-refractivity contribution < 1.29 is 14.7 Å². The van der Waals surface area contributed by atoms with Gasteiger partial charge in [0, 0.05) is 12.5 Å². The highest BCUT2D eigenvalue weighted by molar-refractivity contribution is 5.76. The third-order valence-electron chi connectivity index (χ3n) is 4.90. The van der Waals surface area contributed by atoms with Gasteiger partial charge in [-0.15, -0.1) is 0 Å². The van der Waals surface area contributed by atoms with Crippen molar-refractivity contribution in [2.75, 3.05) is 0 Å². The zero-order valence-corrected chi connectivity index (χ0v) is 15.0. The van der Waals surface area contributed by atoms with Crippen LogP contribution in [0.1, 0.15) is 64.0 Å². The number of carboxylic acid groups (broad SMARTS) is 1. The molecule has 1 amide bonds. The average Bonchev–Trinajstić information content (AvgIpc) is 2.53. The van der Waals surface area contributed by atoms with Crippen LogP contribution in [0, 0.1) is 5.92 Å². The number of amides is 1. The van der Waals surface area contributed by atoms with E-state index in [-0.39, 0.29) is 23.3 Å². The first-order valence-electron chi connectivity index (χ1n) is 8.87. The fraction of sp³-hybridized carbons (Fsp3) is 0.600. The number of hydrogen-bond acceptors (Lipinski definition) is 2. The van der Waals surface area contributed by atoms with Crippen LogP contribution < -0.4 is 5.32 Å². The molecule has 0 saturated heterocycles. The van der Waals surface area contributed by atoms with E-state index in [1.807, 2.05) is 0 Å². The number of carbonyl (C=O) groups is 2. The van der Waals surface area contributed by atoms with Crippen molar-refractivity contribution in [3.63, 3.8) is 0 Å². The molecular formula is C20H29NO3. The number of aliphatic carboxylic acids is 1. The Bertz CT molecular complexity index is 564. The molecule has 2 rings (SSSR count). The molecule has 0 spiro atoms. The molecule has 1 aliphatic carbocycles. The Morgan fingerprint density at radius 3 is 2.17 bits per heavy atom. The number of rotatable bonds is 5. The molecule has 1 aromatic carbocycles. The monoisotopic (exact) mass is 331 g/mol. The molecule has 0 aromatic heterocycles. The van der Waals surface area contributed by atoms with Crippen molar-refractivity contribution >= 4 is 11.9 Å². The zero-order chi connectivity index (χ0) is 17.7. The van der Waals surface area contributed by atoms with E-state index in [1.54, 1.807) is 0 Å². The predicted molar refractivity (Wildman–Crippen MR) is 95.0 cm³/mol. The fourth-order valence-corrected chi connectivity index (χ4v) is 3.21. The van der Waals surface area contributed by atoms with Crippen molar-refractivity contribution in [1.29, 1.82) is 0 Å². The maximum atomic E-state index is 12.1. The van der Waals surface area contributed by atoms with Crippen LogP contribution in [-0.2, 0) is 21.4 Å². The average molecular weight is 331 g/mol. The number of nitrogens with one attached hydrogen (secondary N) is 1. The maximum Gasteiger partial charge on any atom is 0.306 e. The Labute approximate surface area is 144 Å². The molecule has 132 valence electrons. The summed E-state index contributed by atoms with van der Waals surface area (Å²) in [6.45, 7) is 6.57. The molecule has 0 radical (unpaired) electrons. The predicted octanol–water partition coefficient (Wildman–Crippen LogP) is 3.68. The van der Waals surface area contributed by atoms with Gasteiger partial charge in [-0.2, -0.15) is 0 Å². The van der Waals surface area contributed by atoms with Crippen LogP contribution in [0.4, 0.5) is 0 Å². The highest BCUT2D eigenvalue weighted by Crippen LogP contribution is 2.25. The second-order valence-electron chi connectivity index (χ2n) is 7.90. The summed E-state index contributed by atoms with van der Waals surface area (Å²) in [6.07, 6.45) is 4.07. The lowest BCUT2D eigenvalue weighted by molar-refractivity contribution is -0.142. The summed E-state index contributed by atoms with van der Waals surface area (Å²) in [7, 11) is 0. The maximum absolute atomic E-state index is 12.1. The van der Waals surface area contributed by atoms with Crippen LogP contribution >= 0.6 is 0 Å². The number of benzene rings is 1. The summed E-state index contributed by atoms with van der Waals surface area (Å²) < 4.78 is 0. The quantitative estimate of drug-likeness (QED) is 0.865. The molecule has 24 heavy (non-hydrogen) atoms. The van der Waals surface area contributed by atoms with Crippen molar-refractivity contribution in [1.82, 2.24) is 5.32 Å². The minimum atomic E-state index is -0.710. The van der Waals surface area contributed by atoms with Gasteiger partial charge in [0.05, 0.1) is 5.92 Å². The lowest BCUT2D eigenvalue weighted by Crippen LogP contribution is -2.38. The summed E-state index contributed by atoms with van der Waals surface area (Å²) >= 11 is 0. The first-order chi connectivity index (χ1) is 11.3. The normalized spacial score (nSPS) is 21.3. The topological polar surface area (TPSA) is 66.4 Å². The van der Waals surface area contributed by atoms with E-state index in [0.717, 1.165) is 19.3 Å². The molecule has 4 heteroatoms. The van der Waals surface area contributed by atoms with Gasteiger partial charge in [0.15, 0.2) is 0 Å². The van der Waals surface area contributed by atoms with Gasteiger partial charge in [-0.3, -0.25) is 9.59 Å². The Hall–Kier alpha value is -1.84. The van der Waals surface area contributed by atoms with Crippen LogP contribution in [0.5, 0.6) is 0 Å². The third kappa shape index (κ3) is 5.36. The van der Waals surface area contributed by atoms with E-state index in [4.69, 9.17) is 5.11 Å². The number of carboxylic acids is 1. The Kier molecular flexibility index (Phi) is 6.03. The third-order valence-corrected chi connectivity index (χ3v) is 4.90. The summed E-state index contributed by atoms with van der Waals surface area (Å²) in [5.41, 5.74) is 2.61. The minimum Gasteiger partial charge on any atom is -0.481 e. The second-order valence-corrected chi connectivity index (χ2v) is 7.90. The van der Waals surface area contributed by atoms with Gasteiger partial charge in [-0.1, -0.05) is 45.0 Å². The summed E-state index contributed by atoms with van der Waals surface area (Å²) in [5.74, 6) is -0.883. The van der Waals surface area contributed by atoms with Crippen molar-refractivity contribution in [2.24, 2.45) is 5.92 Å². The number of carbonyl (C=O) groups excluding carboxylic acids is 1. The first kappa shape index (κ1) is 18.5. The van der Waals surface area contributed by atoms with E-state index in [0.29, 0.717) is 19.3 Å². The van der Waals surface area contributed by atoms with Gasteiger partial charge in [-0.25, -0.2) is 0 Å². The lowest BCUT2D eigenvalue weighted by atomic mass is 9.86. The summed E-state index contributed by atoms with van der Waals surface area (Å²) in [4.78, 5) is 23.0. The molecule has 4 nitrogen and oxygen atoms in total. The molecule has 0 heterocycles. The van der Waals surface area contributed by atoms with Gasteiger partial charge in [0.25, 0.3) is 0 Å². The van der Waals surface area contributed by atoms with E-state index < -0.39 is 5.97 Å². The Morgan fingerprint density at radius 1 is 1.08 bits per heavy atom. The van der Waals surface area contributed by atoms with Crippen molar-refractivity contribution in [3.8, 4) is 0 Å². The number of aryl methyl sites for hydroxylation is 1. The van der Waals surface area contributed by atoms with Gasteiger partial charge in [-0.05, 0) is 48.6 Å². The van der Waals surface area contributed by atoms with E-state index in [1.165, 1.54) is 11.1 Å². The molecule has 0 bridgehead atoms. The molecule has 1 saturated carbocycles. The highest BCUT2D eigenvalue weighted by Gasteiger charge is 2.26. The van der Waals surface area contributed by atoms with Crippen LogP contribution in [0.25, 0.3) is 0 Å². The van der Waals surface area contributed by atoms with E-state index >= 15 is 0 Å². The summed E-state index contributed by atoms with van der Waals surface area (Å²) in [5, 5.41) is 12.1. The van der Waals surface area contributed by atoms with Gasteiger partial charge in [0.2, 0.25) is 5.91 Å².